The van der Waals surface area contributed by atoms with Crippen LogP contribution in [0.5, 0.6) is 0 Å². The summed E-state index contributed by atoms with van der Waals surface area (Å²) in [4.78, 5) is 0. The van der Waals surface area contributed by atoms with E-state index in [9.17, 15) is 0 Å². The maximum absolute atomic E-state index is 5.79. The van der Waals surface area contributed by atoms with Gasteiger partial charge in [-0.15, -0.1) is 0 Å². The molecule has 1 rings (SSSR count). The average molecular weight is 258 g/mol. The van der Waals surface area contributed by atoms with Crippen LogP contribution in [0.15, 0.2) is 0 Å². The van der Waals surface area contributed by atoms with Gasteiger partial charge in [-0.05, 0) is 53.4 Å². The van der Waals surface area contributed by atoms with Crippen molar-refractivity contribution in [2.45, 2.75) is 89.4 Å². The molecule has 0 amide bonds. The molecule has 0 spiro atoms. The predicted octanol–water partition coefficient (Wildman–Crippen LogP) is 1.81. The Kier molecular flexibility index (Phi) is 6.79. The molecule has 110 valence electrons. The van der Waals surface area contributed by atoms with Gasteiger partial charge >= 0.3 is 0 Å². The highest BCUT2D eigenvalue weighted by molar-refractivity contribution is 4.80. The van der Waals surface area contributed by atoms with E-state index in [1.807, 2.05) is 27.7 Å². The Balaban J connectivity index is 0.000000327. The van der Waals surface area contributed by atoms with Crippen LogP contribution in [0.4, 0.5) is 0 Å². The normalized spacial score (nSPS) is 20.0. The monoisotopic (exact) mass is 258 g/mol. The Morgan fingerprint density at radius 3 is 1.28 bits per heavy atom. The maximum Gasteiger partial charge on any atom is 0.0636 e. The van der Waals surface area contributed by atoms with E-state index in [0.717, 1.165) is 25.7 Å². The number of hydrogen-bond donors (Lipinski definition) is 4. The van der Waals surface area contributed by atoms with Gasteiger partial charge in [0.15, 0.2) is 0 Å². The molecular formula is C14H34N4. The summed E-state index contributed by atoms with van der Waals surface area (Å²) in [5, 5.41) is 0. The minimum absolute atomic E-state index is 0.0728. The van der Waals surface area contributed by atoms with E-state index in [1.165, 1.54) is 19.3 Å². The summed E-state index contributed by atoms with van der Waals surface area (Å²) in [5.74, 6) is 0. The van der Waals surface area contributed by atoms with E-state index < -0.39 is 0 Å². The number of rotatable bonds is 3. The van der Waals surface area contributed by atoms with Crippen LogP contribution >= 0.6 is 0 Å². The van der Waals surface area contributed by atoms with Crippen molar-refractivity contribution in [3.05, 3.63) is 0 Å². The standard InChI is InChI=1S/C8H20N2.C6H14N2/c1-7(2,9)5-6-8(3,4)10;7-6(8)4-2-1-3-5-6/h5-6,9-10H2,1-4H3;1-5,7-8H2. The Morgan fingerprint density at radius 2 is 1.11 bits per heavy atom. The van der Waals surface area contributed by atoms with E-state index in [-0.39, 0.29) is 16.7 Å². The molecule has 0 saturated heterocycles. The smallest absolute Gasteiger partial charge is 0.0636 e. The molecule has 0 aromatic carbocycles. The molecule has 0 aromatic rings. The zero-order valence-electron chi connectivity index (χ0n) is 12.8. The first-order valence-corrected chi connectivity index (χ1v) is 7.07. The van der Waals surface area contributed by atoms with Crippen LogP contribution < -0.4 is 22.9 Å². The summed E-state index contributed by atoms with van der Waals surface area (Å²) in [6, 6.07) is 0. The topological polar surface area (TPSA) is 104 Å². The fourth-order valence-electron chi connectivity index (χ4n) is 1.85. The average Bonchev–Trinajstić information content (AvgIpc) is 2.13. The second-order valence-electron chi connectivity index (χ2n) is 7.27. The van der Waals surface area contributed by atoms with Crippen LogP contribution in [0.3, 0.4) is 0 Å². The van der Waals surface area contributed by atoms with Gasteiger partial charge in [-0.3, -0.25) is 0 Å². The fraction of sp³-hybridized carbons (Fsp3) is 1.00. The van der Waals surface area contributed by atoms with Crippen molar-refractivity contribution < 1.29 is 0 Å². The second kappa shape index (κ2) is 6.85. The number of nitrogens with two attached hydrogens (primary N) is 4. The molecule has 0 unspecified atom stereocenters. The van der Waals surface area contributed by atoms with Crippen LogP contribution in [0.2, 0.25) is 0 Å². The molecule has 1 aliphatic carbocycles. The molecule has 0 bridgehead atoms. The van der Waals surface area contributed by atoms with Crippen molar-refractivity contribution in [3.63, 3.8) is 0 Å². The largest absolute Gasteiger partial charge is 0.326 e. The summed E-state index contributed by atoms with van der Waals surface area (Å²) in [6.07, 6.45) is 7.73. The van der Waals surface area contributed by atoms with Crippen LogP contribution in [0.25, 0.3) is 0 Å². The molecule has 0 radical (unpaired) electrons. The van der Waals surface area contributed by atoms with Gasteiger partial charge in [-0.2, -0.15) is 0 Å². The lowest BCUT2D eigenvalue weighted by Gasteiger charge is -2.28. The summed E-state index contributed by atoms with van der Waals surface area (Å²) >= 11 is 0. The molecule has 18 heavy (non-hydrogen) atoms. The second-order valence-corrected chi connectivity index (χ2v) is 7.27. The van der Waals surface area contributed by atoms with Crippen molar-refractivity contribution in [2.75, 3.05) is 0 Å². The third kappa shape index (κ3) is 12.3. The van der Waals surface area contributed by atoms with E-state index in [0.29, 0.717) is 0 Å². The molecule has 8 N–H and O–H groups in total. The van der Waals surface area contributed by atoms with Gasteiger partial charge in [-0.1, -0.05) is 19.3 Å². The van der Waals surface area contributed by atoms with Gasteiger partial charge in [-0.25, -0.2) is 0 Å². The molecule has 1 aliphatic rings. The lowest BCUT2D eigenvalue weighted by Crippen LogP contribution is -2.50. The van der Waals surface area contributed by atoms with Crippen LogP contribution in [0.1, 0.15) is 72.6 Å². The lowest BCUT2D eigenvalue weighted by atomic mass is 9.91. The molecule has 0 heterocycles. The Morgan fingerprint density at radius 1 is 0.778 bits per heavy atom. The van der Waals surface area contributed by atoms with Gasteiger partial charge in [0, 0.05) is 11.1 Å². The Labute approximate surface area is 113 Å². The first kappa shape index (κ1) is 17.8. The summed E-state index contributed by atoms with van der Waals surface area (Å²) in [6.45, 7) is 8.11. The fourth-order valence-corrected chi connectivity index (χ4v) is 1.85. The van der Waals surface area contributed by atoms with E-state index in [4.69, 9.17) is 22.9 Å². The van der Waals surface area contributed by atoms with Crippen molar-refractivity contribution >= 4 is 0 Å². The van der Waals surface area contributed by atoms with Gasteiger partial charge in [0.25, 0.3) is 0 Å². The van der Waals surface area contributed by atoms with E-state index in [2.05, 4.69) is 0 Å². The minimum Gasteiger partial charge on any atom is -0.326 e. The first-order chi connectivity index (χ1) is 7.91. The molecule has 0 atom stereocenters. The zero-order valence-corrected chi connectivity index (χ0v) is 12.8. The van der Waals surface area contributed by atoms with E-state index in [1.54, 1.807) is 0 Å². The third-order valence-corrected chi connectivity index (χ3v) is 3.20. The maximum atomic E-state index is 5.79. The van der Waals surface area contributed by atoms with Crippen LogP contribution in [-0.4, -0.2) is 16.7 Å². The van der Waals surface area contributed by atoms with Crippen molar-refractivity contribution in [1.82, 2.24) is 0 Å². The van der Waals surface area contributed by atoms with Crippen LogP contribution in [-0.2, 0) is 0 Å². The molecule has 4 heteroatoms. The molecule has 0 aromatic heterocycles. The predicted molar refractivity (Wildman–Crippen MR) is 80.0 cm³/mol. The molecule has 0 aliphatic heterocycles. The van der Waals surface area contributed by atoms with Gasteiger partial charge in [0.1, 0.15) is 0 Å². The molecular weight excluding hydrogens is 224 g/mol. The van der Waals surface area contributed by atoms with Crippen molar-refractivity contribution in [3.8, 4) is 0 Å². The summed E-state index contributed by atoms with van der Waals surface area (Å²) < 4.78 is 0. The SMILES string of the molecule is CC(C)(N)CCC(C)(C)N.NC1(N)CCCCC1. The zero-order chi connectivity index (χ0) is 14.4. The minimum atomic E-state index is -0.321. The number of hydrogen-bond acceptors (Lipinski definition) is 4. The van der Waals surface area contributed by atoms with Crippen LogP contribution in [0, 0.1) is 0 Å². The third-order valence-electron chi connectivity index (χ3n) is 3.20. The van der Waals surface area contributed by atoms with Gasteiger partial charge < -0.3 is 22.9 Å². The highest BCUT2D eigenvalue weighted by Gasteiger charge is 2.21. The highest BCUT2D eigenvalue weighted by atomic mass is 14.9. The van der Waals surface area contributed by atoms with Gasteiger partial charge in [0.05, 0.1) is 5.66 Å². The van der Waals surface area contributed by atoms with Crippen molar-refractivity contribution in [2.24, 2.45) is 22.9 Å². The summed E-state index contributed by atoms with van der Waals surface area (Å²) in [5.41, 5.74) is 22.4. The van der Waals surface area contributed by atoms with E-state index >= 15 is 0 Å². The quantitative estimate of drug-likeness (QED) is 0.579. The Hall–Kier alpha value is -0.160. The molecule has 1 fully saturated rings. The Bertz CT molecular complexity index is 201. The lowest BCUT2D eigenvalue weighted by molar-refractivity contribution is 0.306. The summed E-state index contributed by atoms with van der Waals surface area (Å²) in [7, 11) is 0. The first-order valence-electron chi connectivity index (χ1n) is 7.07. The molecule has 4 nitrogen and oxygen atoms in total. The van der Waals surface area contributed by atoms with Gasteiger partial charge in [0.2, 0.25) is 0 Å². The highest BCUT2D eigenvalue weighted by Crippen LogP contribution is 2.20. The van der Waals surface area contributed by atoms with Crippen molar-refractivity contribution in [1.29, 1.82) is 0 Å². The molecule has 1 saturated carbocycles.